The van der Waals surface area contributed by atoms with Gasteiger partial charge in [-0.1, -0.05) is 0 Å². The second kappa shape index (κ2) is 7.90. The van der Waals surface area contributed by atoms with E-state index in [-0.39, 0.29) is 5.91 Å². The molecule has 0 aliphatic carbocycles. The molecule has 1 aliphatic rings. The van der Waals surface area contributed by atoms with E-state index < -0.39 is 0 Å². The van der Waals surface area contributed by atoms with E-state index in [1.165, 1.54) is 12.8 Å². The van der Waals surface area contributed by atoms with Crippen LogP contribution >= 0.6 is 0 Å². The van der Waals surface area contributed by atoms with E-state index in [9.17, 15) is 4.79 Å². The van der Waals surface area contributed by atoms with E-state index in [0.29, 0.717) is 18.2 Å². The Labute approximate surface area is 120 Å². The molecule has 1 heterocycles. The van der Waals surface area contributed by atoms with Gasteiger partial charge in [0.05, 0.1) is 6.10 Å². The molecule has 0 spiro atoms. The molecule has 1 amide bonds. The molecular weight excluding hydrogens is 252 g/mol. The predicted molar refractivity (Wildman–Crippen MR) is 81.1 cm³/mol. The second-order valence-corrected chi connectivity index (χ2v) is 5.14. The molecule has 110 valence electrons. The molecule has 20 heavy (non-hydrogen) atoms. The Morgan fingerprint density at radius 3 is 2.75 bits per heavy atom. The van der Waals surface area contributed by atoms with Crippen molar-refractivity contribution in [3.63, 3.8) is 0 Å². The fourth-order valence-corrected chi connectivity index (χ4v) is 2.43. The van der Waals surface area contributed by atoms with Crippen molar-refractivity contribution in [2.75, 3.05) is 25.0 Å². The largest absolute Gasteiger partial charge is 0.385 e. The first-order chi connectivity index (χ1) is 9.79. The first-order valence-electron chi connectivity index (χ1n) is 7.53. The molecule has 4 heteroatoms. The molecule has 4 nitrogen and oxygen atoms in total. The summed E-state index contributed by atoms with van der Waals surface area (Å²) in [6, 6.07) is 7.57. The van der Waals surface area contributed by atoms with Crippen LogP contribution in [0.5, 0.6) is 0 Å². The lowest BCUT2D eigenvalue weighted by Crippen LogP contribution is -2.29. The van der Waals surface area contributed by atoms with Crippen LogP contribution in [-0.4, -0.2) is 31.7 Å². The van der Waals surface area contributed by atoms with Gasteiger partial charge in [0.1, 0.15) is 0 Å². The Balaban J connectivity index is 1.73. The van der Waals surface area contributed by atoms with E-state index in [0.717, 1.165) is 31.7 Å². The normalized spacial score (nSPS) is 18.6. The van der Waals surface area contributed by atoms with Crippen molar-refractivity contribution in [3.8, 4) is 0 Å². The fourth-order valence-electron chi connectivity index (χ4n) is 2.43. The van der Waals surface area contributed by atoms with Crippen molar-refractivity contribution in [3.05, 3.63) is 29.8 Å². The summed E-state index contributed by atoms with van der Waals surface area (Å²) in [7, 11) is 0. The molecule has 0 radical (unpaired) electrons. The van der Waals surface area contributed by atoms with Gasteiger partial charge in [0.15, 0.2) is 0 Å². The van der Waals surface area contributed by atoms with Crippen molar-refractivity contribution in [2.24, 2.45) is 0 Å². The summed E-state index contributed by atoms with van der Waals surface area (Å²) in [5, 5.41) is 6.17. The Kier molecular flexibility index (Phi) is 5.87. The van der Waals surface area contributed by atoms with Gasteiger partial charge in [0, 0.05) is 30.9 Å². The van der Waals surface area contributed by atoms with Crippen LogP contribution < -0.4 is 10.6 Å². The first kappa shape index (κ1) is 14.9. The molecular formula is C16H24N2O2. The molecule has 2 N–H and O–H groups in total. The number of amides is 1. The van der Waals surface area contributed by atoms with Crippen molar-refractivity contribution >= 4 is 11.6 Å². The summed E-state index contributed by atoms with van der Waals surface area (Å²) in [5.74, 6) is -0.0103. The Bertz CT molecular complexity index is 411. The lowest BCUT2D eigenvalue weighted by molar-refractivity contribution is 0.0117. The van der Waals surface area contributed by atoms with Gasteiger partial charge < -0.3 is 15.4 Å². The number of hydrogen-bond donors (Lipinski definition) is 2. The number of nitrogens with one attached hydrogen (secondary N) is 2. The van der Waals surface area contributed by atoms with E-state index >= 15 is 0 Å². The summed E-state index contributed by atoms with van der Waals surface area (Å²) in [4.78, 5) is 12.0. The lowest BCUT2D eigenvalue weighted by Gasteiger charge is -2.22. The molecule has 1 aromatic rings. The van der Waals surface area contributed by atoms with Gasteiger partial charge in [-0.05, 0) is 56.9 Å². The third-order valence-corrected chi connectivity index (χ3v) is 3.55. The molecule has 1 saturated heterocycles. The van der Waals surface area contributed by atoms with Gasteiger partial charge in [0.2, 0.25) is 0 Å². The van der Waals surface area contributed by atoms with E-state index in [1.54, 1.807) is 0 Å². The molecule has 0 bridgehead atoms. The first-order valence-corrected chi connectivity index (χ1v) is 7.53. The zero-order chi connectivity index (χ0) is 14.2. The molecule has 1 unspecified atom stereocenters. The van der Waals surface area contributed by atoms with Gasteiger partial charge in [-0.25, -0.2) is 0 Å². The number of benzene rings is 1. The van der Waals surface area contributed by atoms with Gasteiger partial charge in [-0.2, -0.15) is 0 Å². The lowest BCUT2D eigenvalue weighted by atomic mass is 10.1. The molecule has 2 rings (SSSR count). The highest BCUT2D eigenvalue weighted by Crippen LogP contribution is 2.15. The van der Waals surface area contributed by atoms with Gasteiger partial charge >= 0.3 is 0 Å². The van der Waals surface area contributed by atoms with Crippen LogP contribution in [0.1, 0.15) is 43.0 Å². The van der Waals surface area contributed by atoms with Gasteiger partial charge in [0.25, 0.3) is 5.91 Å². The zero-order valence-corrected chi connectivity index (χ0v) is 12.2. The Hall–Kier alpha value is -1.55. The number of rotatable bonds is 6. The van der Waals surface area contributed by atoms with Gasteiger partial charge in [-0.15, -0.1) is 0 Å². The Morgan fingerprint density at radius 1 is 1.30 bits per heavy atom. The van der Waals surface area contributed by atoms with E-state index in [2.05, 4.69) is 10.6 Å². The van der Waals surface area contributed by atoms with Crippen LogP contribution in [0.25, 0.3) is 0 Å². The quantitative estimate of drug-likeness (QED) is 0.840. The van der Waals surface area contributed by atoms with Crippen molar-refractivity contribution in [1.29, 1.82) is 0 Å². The van der Waals surface area contributed by atoms with Crippen LogP contribution in [-0.2, 0) is 4.74 Å². The molecule has 1 aliphatic heterocycles. The van der Waals surface area contributed by atoms with Crippen LogP contribution in [0, 0.1) is 0 Å². The highest BCUT2D eigenvalue weighted by atomic mass is 16.5. The standard InChI is InChI=1S/C16H24N2O2/c1-2-17-14-8-6-13(7-9-14)16(19)18-11-10-15-5-3-4-12-20-15/h6-9,15,17H,2-5,10-12H2,1H3,(H,18,19). The van der Waals surface area contributed by atoms with E-state index in [1.807, 2.05) is 31.2 Å². The van der Waals surface area contributed by atoms with Crippen LogP contribution in [0.15, 0.2) is 24.3 Å². The fraction of sp³-hybridized carbons (Fsp3) is 0.562. The van der Waals surface area contributed by atoms with Crippen molar-refractivity contribution < 1.29 is 9.53 Å². The van der Waals surface area contributed by atoms with Crippen molar-refractivity contribution in [2.45, 2.75) is 38.7 Å². The second-order valence-electron chi connectivity index (χ2n) is 5.14. The average molecular weight is 276 g/mol. The van der Waals surface area contributed by atoms with E-state index in [4.69, 9.17) is 4.74 Å². The SMILES string of the molecule is CCNc1ccc(C(=O)NCCC2CCCCO2)cc1. The number of ether oxygens (including phenoxy) is 1. The van der Waals surface area contributed by atoms with Crippen LogP contribution in [0.4, 0.5) is 5.69 Å². The maximum Gasteiger partial charge on any atom is 0.251 e. The summed E-state index contributed by atoms with van der Waals surface area (Å²) < 4.78 is 5.65. The van der Waals surface area contributed by atoms with Gasteiger partial charge in [-0.3, -0.25) is 4.79 Å². The summed E-state index contributed by atoms with van der Waals surface area (Å²) in [5.41, 5.74) is 1.75. The molecule has 0 aromatic heterocycles. The Morgan fingerprint density at radius 2 is 2.10 bits per heavy atom. The minimum absolute atomic E-state index is 0.0103. The van der Waals surface area contributed by atoms with Crippen LogP contribution in [0.3, 0.4) is 0 Å². The number of hydrogen-bond acceptors (Lipinski definition) is 3. The third kappa shape index (κ3) is 4.53. The highest BCUT2D eigenvalue weighted by Gasteiger charge is 2.14. The average Bonchev–Trinajstić information content (AvgIpc) is 2.49. The molecule has 1 aromatic carbocycles. The summed E-state index contributed by atoms with van der Waals surface area (Å²) in [6.45, 7) is 4.48. The van der Waals surface area contributed by atoms with Crippen LogP contribution in [0.2, 0.25) is 0 Å². The monoisotopic (exact) mass is 276 g/mol. The number of anilines is 1. The third-order valence-electron chi connectivity index (χ3n) is 3.55. The predicted octanol–water partition coefficient (Wildman–Crippen LogP) is 2.81. The van der Waals surface area contributed by atoms with Crippen molar-refractivity contribution in [1.82, 2.24) is 5.32 Å². The minimum Gasteiger partial charge on any atom is -0.385 e. The topological polar surface area (TPSA) is 50.4 Å². The summed E-state index contributed by atoms with van der Waals surface area (Å²) >= 11 is 0. The molecule has 1 fully saturated rings. The smallest absolute Gasteiger partial charge is 0.251 e. The number of carbonyl (C=O) groups is 1. The molecule has 1 atom stereocenters. The zero-order valence-electron chi connectivity index (χ0n) is 12.2. The maximum absolute atomic E-state index is 12.0. The highest BCUT2D eigenvalue weighted by molar-refractivity contribution is 5.94. The maximum atomic E-state index is 12.0. The minimum atomic E-state index is -0.0103. The summed E-state index contributed by atoms with van der Waals surface area (Å²) in [6.07, 6.45) is 4.75. The molecule has 0 saturated carbocycles. The number of carbonyl (C=O) groups excluding carboxylic acids is 1.